The normalized spacial score (nSPS) is 10.5. The number of hydrogen-bond acceptors (Lipinski definition) is 4. The molecule has 1 heterocycles. The number of aromatic nitrogens is 1. The third-order valence-corrected chi connectivity index (χ3v) is 4.74. The fourth-order valence-corrected chi connectivity index (χ4v) is 2.86. The minimum atomic E-state index is -0.333. The first-order valence-corrected chi connectivity index (χ1v) is 10.5. The second-order valence-electron chi connectivity index (χ2n) is 7.74. The van der Waals surface area contributed by atoms with Gasteiger partial charge in [-0.05, 0) is 54.4 Å². The second kappa shape index (κ2) is 10.9. The standard InChI is InChI=1S/C25H28N4O3/c1-17(2)24(30)28-20-11-10-18(3)23(14-20)29-25(31)27-15-19-7-6-9-22(13-19)32-16-21-8-4-5-12-26-21/h4-14,17H,15-16H2,1-3H3,(H,28,30)(H2,27,29,31). The van der Waals surface area contributed by atoms with Crippen molar-refractivity contribution in [1.29, 1.82) is 0 Å². The number of nitrogens with one attached hydrogen (secondary N) is 3. The molecule has 3 rings (SSSR count). The van der Waals surface area contributed by atoms with Crippen molar-refractivity contribution in [1.82, 2.24) is 10.3 Å². The summed E-state index contributed by atoms with van der Waals surface area (Å²) in [5.74, 6) is 0.508. The Bertz CT molecular complexity index is 1070. The molecule has 7 nitrogen and oxygen atoms in total. The lowest BCUT2D eigenvalue weighted by molar-refractivity contribution is -0.118. The van der Waals surface area contributed by atoms with Crippen LogP contribution in [0.15, 0.2) is 66.9 Å². The minimum Gasteiger partial charge on any atom is -0.487 e. The van der Waals surface area contributed by atoms with E-state index < -0.39 is 0 Å². The van der Waals surface area contributed by atoms with E-state index in [0.29, 0.717) is 30.3 Å². The Kier molecular flexibility index (Phi) is 7.80. The van der Waals surface area contributed by atoms with E-state index in [0.717, 1.165) is 16.8 Å². The van der Waals surface area contributed by atoms with Gasteiger partial charge in [0, 0.05) is 30.0 Å². The molecule has 2 aromatic carbocycles. The molecule has 3 N–H and O–H groups in total. The average Bonchev–Trinajstić information content (AvgIpc) is 2.79. The Morgan fingerprint density at radius 2 is 1.84 bits per heavy atom. The van der Waals surface area contributed by atoms with Crippen molar-refractivity contribution in [3.8, 4) is 5.75 Å². The summed E-state index contributed by atoms with van der Waals surface area (Å²) in [5.41, 5.74) is 3.93. The lowest BCUT2D eigenvalue weighted by Crippen LogP contribution is -2.28. The molecule has 0 aliphatic heterocycles. The molecule has 3 aromatic rings. The molecule has 0 bridgehead atoms. The summed E-state index contributed by atoms with van der Waals surface area (Å²) in [5, 5.41) is 8.53. The van der Waals surface area contributed by atoms with E-state index in [1.165, 1.54) is 0 Å². The first-order chi connectivity index (χ1) is 15.4. The van der Waals surface area contributed by atoms with Crippen LogP contribution in [0.5, 0.6) is 5.75 Å². The van der Waals surface area contributed by atoms with Gasteiger partial charge in [-0.15, -0.1) is 0 Å². The summed E-state index contributed by atoms with van der Waals surface area (Å²) in [4.78, 5) is 28.6. The Hall–Kier alpha value is -3.87. The monoisotopic (exact) mass is 432 g/mol. The molecule has 0 atom stereocenters. The lowest BCUT2D eigenvalue weighted by Gasteiger charge is -2.13. The van der Waals surface area contributed by atoms with E-state index in [1.807, 2.05) is 75.4 Å². The highest BCUT2D eigenvalue weighted by atomic mass is 16.5. The van der Waals surface area contributed by atoms with Crippen LogP contribution in [0.3, 0.4) is 0 Å². The molecule has 0 saturated carbocycles. The summed E-state index contributed by atoms with van der Waals surface area (Å²) >= 11 is 0. The van der Waals surface area contributed by atoms with Crippen LogP contribution in [0.25, 0.3) is 0 Å². The Morgan fingerprint density at radius 1 is 1.00 bits per heavy atom. The average molecular weight is 433 g/mol. The number of ether oxygens (including phenoxy) is 1. The van der Waals surface area contributed by atoms with Gasteiger partial charge in [-0.25, -0.2) is 4.79 Å². The van der Waals surface area contributed by atoms with E-state index in [1.54, 1.807) is 12.3 Å². The van der Waals surface area contributed by atoms with Crippen molar-refractivity contribution in [3.63, 3.8) is 0 Å². The molecule has 166 valence electrons. The zero-order chi connectivity index (χ0) is 22.9. The predicted molar refractivity (Wildman–Crippen MR) is 126 cm³/mol. The number of benzene rings is 2. The smallest absolute Gasteiger partial charge is 0.319 e. The number of carbonyl (C=O) groups is 2. The highest BCUT2D eigenvalue weighted by molar-refractivity contribution is 5.94. The minimum absolute atomic E-state index is 0.0746. The molecule has 1 aromatic heterocycles. The van der Waals surface area contributed by atoms with Gasteiger partial charge in [0.15, 0.2) is 0 Å². The summed E-state index contributed by atoms with van der Waals surface area (Å²) in [6.07, 6.45) is 1.73. The van der Waals surface area contributed by atoms with E-state index in [2.05, 4.69) is 20.9 Å². The number of amides is 3. The number of anilines is 2. The molecule has 0 spiro atoms. The van der Waals surface area contributed by atoms with Crippen LogP contribution in [0.2, 0.25) is 0 Å². The summed E-state index contributed by atoms with van der Waals surface area (Å²) in [7, 11) is 0. The van der Waals surface area contributed by atoms with Crippen LogP contribution in [-0.2, 0) is 17.9 Å². The molecule has 0 aliphatic rings. The first-order valence-electron chi connectivity index (χ1n) is 10.5. The molecular formula is C25H28N4O3. The van der Waals surface area contributed by atoms with Crippen molar-refractivity contribution in [2.75, 3.05) is 10.6 Å². The fourth-order valence-electron chi connectivity index (χ4n) is 2.86. The maximum absolute atomic E-state index is 12.4. The second-order valence-corrected chi connectivity index (χ2v) is 7.74. The zero-order valence-electron chi connectivity index (χ0n) is 18.5. The summed E-state index contributed by atoms with van der Waals surface area (Å²) in [6.45, 7) is 6.27. The van der Waals surface area contributed by atoms with Crippen LogP contribution in [0.1, 0.15) is 30.7 Å². The van der Waals surface area contributed by atoms with Gasteiger partial charge in [0.2, 0.25) is 5.91 Å². The first kappa shape index (κ1) is 22.8. The van der Waals surface area contributed by atoms with Gasteiger partial charge in [0.05, 0.1) is 5.69 Å². The Morgan fingerprint density at radius 3 is 2.59 bits per heavy atom. The molecule has 3 amide bonds. The van der Waals surface area contributed by atoms with E-state index in [4.69, 9.17) is 4.74 Å². The number of rotatable bonds is 8. The Balaban J connectivity index is 1.54. The predicted octanol–water partition coefficient (Wildman–Crippen LogP) is 4.89. The van der Waals surface area contributed by atoms with Gasteiger partial charge in [-0.1, -0.05) is 38.1 Å². The number of nitrogens with zero attached hydrogens (tertiary/aromatic N) is 1. The molecule has 0 saturated heterocycles. The summed E-state index contributed by atoms with van der Waals surface area (Å²) < 4.78 is 5.79. The molecule has 0 fully saturated rings. The van der Waals surface area contributed by atoms with Crippen molar-refractivity contribution in [2.45, 2.75) is 33.9 Å². The molecule has 32 heavy (non-hydrogen) atoms. The Labute approximate surface area is 188 Å². The maximum atomic E-state index is 12.4. The van der Waals surface area contributed by atoms with Crippen LogP contribution in [-0.4, -0.2) is 16.9 Å². The quantitative estimate of drug-likeness (QED) is 0.473. The maximum Gasteiger partial charge on any atom is 0.319 e. The fraction of sp³-hybridized carbons (Fsp3) is 0.240. The molecule has 7 heteroatoms. The van der Waals surface area contributed by atoms with Crippen LogP contribution < -0.4 is 20.7 Å². The molecule has 0 unspecified atom stereocenters. The van der Waals surface area contributed by atoms with Crippen LogP contribution >= 0.6 is 0 Å². The van der Waals surface area contributed by atoms with Gasteiger partial charge >= 0.3 is 6.03 Å². The number of urea groups is 1. The highest BCUT2D eigenvalue weighted by Gasteiger charge is 2.10. The molecule has 0 radical (unpaired) electrons. The van der Waals surface area contributed by atoms with Gasteiger partial charge < -0.3 is 20.7 Å². The molecule has 0 aliphatic carbocycles. The number of pyridine rings is 1. The van der Waals surface area contributed by atoms with E-state index in [-0.39, 0.29) is 17.9 Å². The third-order valence-electron chi connectivity index (χ3n) is 4.74. The van der Waals surface area contributed by atoms with Crippen molar-refractivity contribution < 1.29 is 14.3 Å². The van der Waals surface area contributed by atoms with E-state index in [9.17, 15) is 9.59 Å². The van der Waals surface area contributed by atoms with E-state index >= 15 is 0 Å². The van der Waals surface area contributed by atoms with Gasteiger partial charge in [0.25, 0.3) is 0 Å². The van der Waals surface area contributed by atoms with Crippen molar-refractivity contribution in [2.24, 2.45) is 5.92 Å². The highest BCUT2D eigenvalue weighted by Crippen LogP contribution is 2.21. The zero-order valence-corrected chi connectivity index (χ0v) is 18.5. The SMILES string of the molecule is Cc1ccc(NC(=O)C(C)C)cc1NC(=O)NCc1cccc(OCc2ccccn2)c1. The number of hydrogen-bond donors (Lipinski definition) is 3. The number of aryl methyl sites for hydroxylation is 1. The molecular weight excluding hydrogens is 404 g/mol. The topological polar surface area (TPSA) is 92.4 Å². The lowest BCUT2D eigenvalue weighted by atomic mass is 10.1. The van der Waals surface area contributed by atoms with Crippen LogP contribution in [0.4, 0.5) is 16.2 Å². The van der Waals surface area contributed by atoms with Gasteiger partial charge in [-0.3, -0.25) is 9.78 Å². The number of carbonyl (C=O) groups excluding carboxylic acids is 2. The van der Waals surface area contributed by atoms with Gasteiger partial charge in [-0.2, -0.15) is 0 Å². The van der Waals surface area contributed by atoms with Crippen molar-refractivity contribution in [3.05, 3.63) is 83.7 Å². The van der Waals surface area contributed by atoms with Gasteiger partial charge in [0.1, 0.15) is 12.4 Å². The van der Waals surface area contributed by atoms with Crippen molar-refractivity contribution >= 4 is 23.3 Å². The largest absolute Gasteiger partial charge is 0.487 e. The third kappa shape index (κ3) is 6.84. The summed E-state index contributed by atoms with van der Waals surface area (Å²) in [6, 6.07) is 18.3. The van der Waals surface area contributed by atoms with Crippen LogP contribution in [0, 0.1) is 12.8 Å².